The van der Waals surface area contributed by atoms with E-state index in [2.05, 4.69) is 5.32 Å². The fourth-order valence-electron chi connectivity index (χ4n) is 3.96. The highest BCUT2D eigenvalue weighted by molar-refractivity contribution is 7.80. The first kappa shape index (κ1) is 23.0. The topological polar surface area (TPSA) is 61.9 Å². The number of halogens is 2. The minimum Gasteiger partial charge on any atom is -0.376 e. The predicted octanol–water partition coefficient (Wildman–Crippen LogP) is 4.81. The maximum absolute atomic E-state index is 13.4. The number of amides is 2. The average molecular weight is 492 g/mol. The zero-order valence-corrected chi connectivity index (χ0v) is 19.8. The van der Waals surface area contributed by atoms with Crippen LogP contribution >= 0.6 is 35.4 Å². The third-order valence-corrected chi connectivity index (χ3v) is 6.69. The largest absolute Gasteiger partial charge is 0.376 e. The molecule has 32 heavy (non-hydrogen) atoms. The zero-order chi connectivity index (χ0) is 22.8. The third kappa shape index (κ3) is 4.76. The number of anilines is 2. The molecule has 6 nitrogen and oxygen atoms in total. The molecule has 2 fully saturated rings. The van der Waals surface area contributed by atoms with Gasteiger partial charge < -0.3 is 15.0 Å². The van der Waals surface area contributed by atoms with Crippen molar-refractivity contribution in [3.05, 3.63) is 58.1 Å². The molecule has 0 unspecified atom stereocenters. The maximum atomic E-state index is 13.4. The molecule has 2 aliphatic heterocycles. The van der Waals surface area contributed by atoms with Gasteiger partial charge in [-0.25, -0.2) is 0 Å². The molecule has 0 radical (unpaired) electrons. The Morgan fingerprint density at radius 2 is 1.88 bits per heavy atom. The molecule has 1 N–H and O–H groups in total. The summed E-state index contributed by atoms with van der Waals surface area (Å²) in [4.78, 5) is 29.6. The van der Waals surface area contributed by atoms with Crippen molar-refractivity contribution in [3.63, 3.8) is 0 Å². The molecule has 168 valence electrons. The Morgan fingerprint density at radius 1 is 1.19 bits per heavy atom. The van der Waals surface area contributed by atoms with E-state index in [-0.39, 0.29) is 24.3 Å². The smallest absolute Gasteiger partial charge is 0.256 e. The van der Waals surface area contributed by atoms with Crippen molar-refractivity contribution in [2.24, 2.45) is 0 Å². The van der Waals surface area contributed by atoms with Crippen molar-refractivity contribution in [2.75, 3.05) is 23.4 Å². The third-order valence-electron chi connectivity index (χ3n) is 5.64. The van der Waals surface area contributed by atoms with E-state index >= 15 is 0 Å². The molecule has 0 aromatic heterocycles. The SMILES string of the molecule is Cc1ccc(N2C(=O)[C@H](CC(=O)Nc3c(Cl)cccc3Cl)N(C[C@@H]3CCCO3)C2=S)cc1. The molecule has 9 heteroatoms. The summed E-state index contributed by atoms with van der Waals surface area (Å²) >= 11 is 18.0. The molecular weight excluding hydrogens is 469 g/mol. The zero-order valence-electron chi connectivity index (χ0n) is 17.5. The van der Waals surface area contributed by atoms with Gasteiger partial charge in [0, 0.05) is 13.2 Å². The number of hydrogen-bond acceptors (Lipinski definition) is 4. The summed E-state index contributed by atoms with van der Waals surface area (Å²) < 4.78 is 5.77. The van der Waals surface area contributed by atoms with E-state index in [0.29, 0.717) is 39.7 Å². The van der Waals surface area contributed by atoms with Crippen LogP contribution in [-0.4, -0.2) is 47.1 Å². The van der Waals surface area contributed by atoms with Crippen LogP contribution in [0.5, 0.6) is 0 Å². The van der Waals surface area contributed by atoms with Gasteiger partial charge in [0.05, 0.1) is 33.9 Å². The highest BCUT2D eigenvalue weighted by Gasteiger charge is 2.45. The van der Waals surface area contributed by atoms with E-state index in [1.165, 1.54) is 4.90 Å². The Bertz CT molecular complexity index is 1020. The number of carbonyl (C=O) groups is 2. The fraction of sp³-hybridized carbons (Fsp3) is 0.348. The highest BCUT2D eigenvalue weighted by Crippen LogP contribution is 2.32. The average Bonchev–Trinajstić information content (AvgIpc) is 3.35. The van der Waals surface area contributed by atoms with E-state index in [4.69, 9.17) is 40.2 Å². The molecule has 2 aromatic rings. The Hall–Kier alpha value is -2.19. The number of nitrogens with zero attached hydrogens (tertiary/aromatic N) is 2. The van der Waals surface area contributed by atoms with E-state index < -0.39 is 6.04 Å². The van der Waals surface area contributed by atoms with Gasteiger partial charge in [0.15, 0.2) is 5.11 Å². The fourth-order valence-corrected chi connectivity index (χ4v) is 4.85. The van der Waals surface area contributed by atoms with Crippen LogP contribution in [0.15, 0.2) is 42.5 Å². The molecule has 2 aromatic carbocycles. The van der Waals surface area contributed by atoms with E-state index in [1.54, 1.807) is 23.1 Å². The van der Waals surface area contributed by atoms with Gasteiger partial charge in [-0.2, -0.15) is 0 Å². The lowest BCUT2D eigenvalue weighted by atomic mass is 10.1. The first-order chi connectivity index (χ1) is 15.3. The van der Waals surface area contributed by atoms with Crippen LogP contribution in [0.25, 0.3) is 0 Å². The van der Waals surface area contributed by atoms with Crippen molar-refractivity contribution in [1.82, 2.24) is 4.90 Å². The number of hydrogen-bond donors (Lipinski definition) is 1. The minimum absolute atomic E-state index is 0.0257. The lowest BCUT2D eigenvalue weighted by Gasteiger charge is -2.26. The van der Waals surface area contributed by atoms with E-state index in [9.17, 15) is 9.59 Å². The number of para-hydroxylation sites is 1. The van der Waals surface area contributed by atoms with Gasteiger partial charge in [0.1, 0.15) is 6.04 Å². The number of aryl methyl sites for hydroxylation is 1. The summed E-state index contributed by atoms with van der Waals surface area (Å²) in [6.45, 7) is 3.12. The molecule has 0 spiro atoms. The summed E-state index contributed by atoms with van der Waals surface area (Å²) in [6, 6.07) is 11.8. The summed E-state index contributed by atoms with van der Waals surface area (Å²) in [5.41, 5.74) is 2.09. The second-order valence-electron chi connectivity index (χ2n) is 7.94. The summed E-state index contributed by atoms with van der Waals surface area (Å²) in [6.07, 6.45) is 1.75. The standard InChI is InChI=1S/C23H23Cl2N3O3S/c1-14-7-9-15(10-8-14)28-22(30)19(27(23(28)32)13-16-4-3-11-31-16)12-20(29)26-21-17(24)5-2-6-18(21)25/h2,5-10,16,19H,3-4,11-13H2,1H3,(H,26,29)/t16-,19-/m0/s1. The normalized spacial score (nSPS) is 20.8. The molecule has 0 saturated carbocycles. The van der Waals surface area contributed by atoms with Crippen molar-refractivity contribution < 1.29 is 14.3 Å². The Morgan fingerprint density at radius 3 is 2.50 bits per heavy atom. The first-order valence-corrected chi connectivity index (χ1v) is 11.6. The maximum Gasteiger partial charge on any atom is 0.256 e. The highest BCUT2D eigenvalue weighted by atomic mass is 35.5. The van der Waals surface area contributed by atoms with Crippen LogP contribution in [0.3, 0.4) is 0 Å². The lowest BCUT2D eigenvalue weighted by molar-refractivity contribution is -0.124. The van der Waals surface area contributed by atoms with E-state index in [0.717, 1.165) is 18.4 Å². The molecule has 2 heterocycles. The summed E-state index contributed by atoms with van der Waals surface area (Å²) in [5.74, 6) is -0.610. The van der Waals surface area contributed by atoms with Gasteiger partial charge in [-0.1, -0.05) is 47.0 Å². The lowest BCUT2D eigenvalue weighted by Crippen LogP contribution is -2.42. The van der Waals surface area contributed by atoms with Crippen molar-refractivity contribution in [1.29, 1.82) is 0 Å². The monoisotopic (exact) mass is 491 g/mol. The molecule has 2 aliphatic rings. The number of ether oxygens (including phenoxy) is 1. The molecular formula is C23H23Cl2N3O3S. The number of carbonyl (C=O) groups excluding carboxylic acids is 2. The van der Waals surface area contributed by atoms with Crippen LogP contribution < -0.4 is 10.2 Å². The van der Waals surface area contributed by atoms with Gasteiger partial charge in [0.2, 0.25) is 5.91 Å². The minimum atomic E-state index is -0.741. The Kier molecular flexibility index (Phi) is 7.00. The number of benzene rings is 2. The van der Waals surface area contributed by atoms with E-state index in [1.807, 2.05) is 31.2 Å². The number of nitrogens with one attached hydrogen (secondary N) is 1. The van der Waals surface area contributed by atoms with Gasteiger partial charge in [-0.15, -0.1) is 0 Å². The Balaban J connectivity index is 1.57. The molecule has 4 rings (SSSR count). The van der Waals surface area contributed by atoms with Gasteiger partial charge in [-0.3, -0.25) is 14.5 Å². The van der Waals surface area contributed by atoms with Crippen molar-refractivity contribution >= 4 is 63.7 Å². The molecule has 2 amide bonds. The molecule has 0 bridgehead atoms. The quantitative estimate of drug-likeness (QED) is 0.587. The van der Waals surface area contributed by atoms with Gasteiger partial charge in [-0.05, 0) is 56.2 Å². The van der Waals surface area contributed by atoms with Crippen LogP contribution in [0.4, 0.5) is 11.4 Å². The summed E-state index contributed by atoms with van der Waals surface area (Å²) in [5, 5.41) is 3.78. The second-order valence-corrected chi connectivity index (χ2v) is 9.12. The van der Waals surface area contributed by atoms with Crippen molar-refractivity contribution in [2.45, 2.75) is 38.3 Å². The van der Waals surface area contributed by atoms with Crippen molar-refractivity contribution in [3.8, 4) is 0 Å². The van der Waals surface area contributed by atoms with Crippen LogP contribution in [0.2, 0.25) is 10.0 Å². The van der Waals surface area contributed by atoms with Crippen LogP contribution in [0, 0.1) is 6.92 Å². The summed E-state index contributed by atoms with van der Waals surface area (Å²) in [7, 11) is 0. The van der Waals surface area contributed by atoms with Crippen LogP contribution in [0.1, 0.15) is 24.8 Å². The first-order valence-electron chi connectivity index (χ1n) is 10.4. The number of rotatable bonds is 6. The molecule has 2 saturated heterocycles. The predicted molar refractivity (Wildman–Crippen MR) is 130 cm³/mol. The Labute approximate surface area is 202 Å². The van der Waals surface area contributed by atoms with Crippen LogP contribution in [-0.2, 0) is 14.3 Å². The number of thiocarbonyl (C=S) groups is 1. The van der Waals surface area contributed by atoms with Gasteiger partial charge >= 0.3 is 0 Å². The molecule has 2 atom stereocenters. The molecule has 0 aliphatic carbocycles. The van der Waals surface area contributed by atoms with Gasteiger partial charge in [0.25, 0.3) is 5.91 Å². The second kappa shape index (κ2) is 9.75.